The van der Waals surface area contributed by atoms with E-state index in [0.717, 1.165) is 62.1 Å². The molecule has 1 N–H and O–H groups in total. The Bertz CT molecular complexity index is 735. The monoisotopic (exact) mass is 401 g/mol. The maximum atomic E-state index is 12.4. The van der Waals surface area contributed by atoms with Crippen molar-refractivity contribution >= 4 is 17.7 Å². The minimum absolute atomic E-state index is 0.0156. The normalized spacial score (nSPS) is 16.8. The van der Waals surface area contributed by atoms with Gasteiger partial charge in [-0.2, -0.15) is 0 Å². The number of thioether (sulfide) groups is 1. The number of hydrogen-bond acceptors (Lipinski definition) is 5. The Morgan fingerprint density at radius 1 is 1.29 bits per heavy atom. The van der Waals surface area contributed by atoms with E-state index in [0.29, 0.717) is 5.92 Å². The number of carbonyl (C=O) groups excluding carboxylic acids is 1. The van der Waals surface area contributed by atoms with Crippen LogP contribution < -0.4 is 5.32 Å². The summed E-state index contributed by atoms with van der Waals surface area (Å²) in [5, 5.41) is 3.16. The Balaban J connectivity index is 1.33. The molecule has 1 aliphatic rings. The lowest BCUT2D eigenvalue weighted by Crippen LogP contribution is -2.40. The molecule has 1 aliphatic heterocycles. The summed E-state index contributed by atoms with van der Waals surface area (Å²) in [7, 11) is 0. The molecule has 6 heteroatoms. The smallest absolute Gasteiger partial charge is 0.223 e. The third-order valence-corrected chi connectivity index (χ3v) is 6.67. The van der Waals surface area contributed by atoms with Gasteiger partial charge in [-0.1, -0.05) is 25.1 Å². The number of amides is 1. The Kier molecular flexibility index (Phi) is 7.57. The van der Waals surface area contributed by atoms with Gasteiger partial charge in [0.2, 0.25) is 11.8 Å². The summed E-state index contributed by atoms with van der Waals surface area (Å²) in [6.45, 7) is 9.57. The molecule has 1 aromatic heterocycles. The van der Waals surface area contributed by atoms with Crippen molar-refractivity contribution in [1.82, 2.24) is 15.2 Å². The van der Waals surface area contributed by atoms with Gasteiger partial charge in [0, 0.05) is 23.1 Å². The Morgan fingerprint density at radius 2 is 2.00 bits per heavy atom. The quantitative estimate of drug-likeness (QED) is 0.676. The molecule has 2 heterocycles. The van der Waals surface area contributed by atoms with Crippen LogP contribution >= 0.6 is 11.8 Å². The van der Waals surface area contributed by atoms with E-state index in [-0.39, 0.29) is 11.8 Å². The van der Waals surface area contributed by atoms with Crippen molar-refractivity contribution in [3.8, 4) is 0 Å². The number of benzene rings is 1. The number of aryl methyl sites for hydroxylation is 2. The lowest BCUT2D eigenvalue weighted by atomic mass is 9.96. The van der Waals surface area contributed by atoms with Gasteiger partial charge in [-0.3, -0.25) is 9.69 Å². The van der Waals surface area contributed by atoms with Crippen molar-refractivity contribution in [3.63, 3.8) is 0 Å². The first-order chi connectivity index (χ1) is 13.5. The number of oxazole rings is 1. The molecule has 152 valence electrons. The number of nitrogens with zero attached hydrogens (tertiary/aromatic N) is 2. The number of likely N-dealkylation sites (tertiary alicyclic amines) is 1. The van der Waals surface area contributed by atoms with Gasteiger partial charge in [-0.15, -0.1) is 11.8 Å². The standard InChI is InChI=1S/C22H31N3O2S/c1-16(15-28-20-7-5-4-6-8-20)22(26)23-13-19-9-11-25(12-10-19)14-21-24-17(2)18(3)27-21/h4-8,16,19H,9-15H2,1-3H3,(H,23,26). The number of rotatable bonds is 8. The summed E-state index contributed by atoms with van der Waals surface area (Å²) in [6.07, 6.45) is 2.21. The maximum Gasteiger partial charge on any atom is 0.223 e. The van der Waals surface area contributed by atoms with E-state index in [1.54, 1.807) is 11.8 Å². The van der Waals surface area contributed by atoms with Gasteiger partial charge in [0.1, 0.15) is 5.76 Å². The van der Waals surface area contributed by atoms with Crippen LogP contribution in [0.15, 0.2) is 39.6 Å². The second kappa shape index (κ2) is 10.1. The zero-order valence-corrected chi connectivity index (χ0v) is 17.9. The third kappa shape index (κ3) is 6.11. The molecule has 0 radical (unpaired) electrons. The van der Waals surface area contributed by atoms with Crippen molar-refractivity contribution in [3.05, 3.63) is 47.7 Å². The molecular formula is C22H31N3O2S. The number of carbonyl (C=O) groups is 1. The van der Waals surface area contributed by atoms with Crippen LogP contribution in [0.1, 0.15) is 37.1 Å². The second-order valence-electron chi connectivity index (χ2n) is 7.74. The summed E-state index contributed by atoms with van der Waals surface area (Å²) >= 11 is 1.74. The third-order valence-electron chi connectivity index (χ3n) is 5.39. The molecule has 1 saturated heterocycles. The fraction of sp³-hybridized carbons (Fsp3) is 0.545. The van der Waals surface area contributed by atoms with E-state index >= 15 is 0 Å². The van der Waals surface area contributed by atoms with Gasteiger partial charge in [0.15, 0.2) is 0 Å². The van der Waals surface area contributed by atoms with Crippen LogP contribution in [0.2, 0.25) is 0 Å². The van der Waals surface area contributed by atoms with E-state index in [1.165, 1.54) is 4.90 Å². The molecule has 0 spiro atoms. The molecule has 3 rings (SSSR count). The largest absolute Gasteiger partial charge is 0.444 e. The zero-order chi connectivity index (χ0) is 19.9. The Morgan fingerprint density at radius 3 is 2.64 bits per heavy atom. The molecule has 5 nitrogen and oxygen atoms in total. The van der Waals surface area contributed by atoms with E-state index in [1.807, 2.05) is 39.0 Å². The molecule has 28 heavy (non-hydrogen) atoms. The molecule has 1 aromatic carbocycles. The van der Waals surface area contributed by atoms with Crippen molar-refractivity contribution in [1.29, 1.82) is 0 Å². The molecule has 0 saturated carbocycles. The lowest BCUT2D eigenvalue weighted by Gasteiger charge is -2.31. The molecule has 1 unspecified atom stereocenters. The molecule has 1 fully saturated rings. The van der Waals surface area contributed by atoms with Crippen molar-refractivity contribution in [2.24, 2.45) is 11.8 Å². The van der Waals surface area contributed by atoms with Gasteiger partial charge in [-0.25, -0.2) is 4.98 Å². The van der Waals surface area contributed by atoms with Crippen LogP contribution in [0.5, 0.6) is 0 Å². The van der Waals surface area contributed by atoms with Gasteiger partial charge >= 0.3 is 0 Å². The Labute approximate surface area is 172 Å². The molecule has 0 aliphatic carbocycles. The van der Waals surface area contributed by atoms with Gasteiger partial charge in [-0.05, 0) is 57.8 Å². The molecule has 1 atom stereocenters. The van der Waals surface area contributed by atoms with Gasteiger partial charge < -0.3 is 9.73 Å². The lowest BCUT2D eigenvalue weighted by molar-refractivity contribution is -0.124. The maximum absolute atomic E-state index is 12.4. The van der Waals surface area contributed by atoms with E-state index in [2.05, 4.69) is 27.3 Å². The van der Waals surface area contributed by atoms with Crippen molar-refractivity contribution in [2.45, 2.75) is 45.1 Å². The zero-order valence-electron chi connectivity index (χ0n) is 17.1. The molecular weight excluding hydrogens is 370 g/mol. The van der Waals surface area contributed by atoms with E-state index in [4.69, 9.17) is 4.42 Å². The first-order valence-electron chi connectivity index (χ1n) is 10.1. The van der Waals surface area contributed by atoms with Gasteiger partial charge in [0.25, 0.3) is 0 Å². The molecule has 0 bridgehead atoms. The summed E-state index contributed by atoms with van der Waals surface area (Å²) < 4.78 is 5.69. The highest BCUT2D eigenvalue weighted by Gasteiger charge is 2.22. The first-order valence-corrected chi connectivity index (χ1v) is 11.1. The highest BCUT2D eigenvalue weighted by molar-refractivity contribution is 7.99. The average Bonchev–Trinajstić information content (AvgIpc) is 3.03. The summed E-state index contributed by atoms with van der Waals surface area (Å²) in [4.78, 5) is 20.5. The fourth-order valence-corrected chi connectivity index (χ4v) is 4.32. The minimum Gasteiger partial charge on any atom is -0.444 e. The average molecular weight is 402 g/mol. The van der Waals surface area contributed by atoms with Crippen molar-refractivity contribution in [2.75, 3.05) is 25.4 Å². The topological polar surface area (TPSA) is 58.4 Å². The summed E-state index contributed by atoms with van der Waals surface area (Å²) in [6, 6.07) is 10.3. The van der Waals surface area contributed by atoms with Crippen LogP contribution in [0, 0.1) is 25.7 Å². The highest BCUT2D eigenvalue weighted by Crippen LogP contribution is 2.21. The number of nitrogens with one attached hydrogen (secondary N) is 1. The van der Waals surface area contributed by atoms with Crippen LogP contribution in [-0.4, -0.2) is 41.2 Å². The minimum atomic E-state index is 0.0156. The SMILES string of the molecule is Cc1nc(CN2CCC(CNC(=O)C(C)CSc3ccccc3)CC2)oc1C. The molecule has 1 amide bonds. The van der Waals surface area contributed by atoms with Crippen LogP contribution in [0.25, 0.3) is 0 Å². The number of piperidine rings is 1. The summed E-state index contributed by atoms with van der Waals surface area (Å²) in [5.41, 5.74) is 0.979. The summed E-state index contributed by atoms with van der Waals surface area (Å²) in [5.74, 6) is 3.27. The fourth-order valence-electron chi connectivity index (χ4n) is 3.38. The van der Waals surface area contributed by atoms with Crippen molar-refractivity contribution < 1.29 is 9.21 Å². The number of hydrogen-bond donors (Lipinski definition) is 1. The second-order valence-corrected chi connectivity index (χ2v) is 8.83. The Hall–Kier alpha value is -1.79. The first kappa shape index (κ1) is 20.9. The predicted octanol–water partition coefficient (Wildman–Crippen LogP) is 4.05. The molecule has 2 aromatic rings. The van der Waals surface area contributed by atoms with Crippen LogP contribution in [0.3, 0.4) is 0 Å². The van der Waals surface area contributed by atoms with Crippen LogP contribution in [0.4, 0.5) is 0 Å². The highest BCUT2D eigenvalue weighted by atomic mass is 32.2. The predicted molar refractivity (Wildman–Crippen MR) is 113 cm³/mol. The van der Waals surface area contributed by atoms with Crippen LogP contribution in [-0.2, 0) is 11.3 Å². The van der Waals surface area contributed by atoms with Gasteiger partial charge in [0.05, 0.1) is 12.2 Å². The van der Waals surface area contributed by atoms with E-state index < -0.39 is 0 Å². The number of aromatic nitrogens is 1. The van der Waals surface area contributed by atoms with E-state index in [9.17, 15) is 4.79 Å².